The molecular formula is C15H25NO. The fraction of sp³-hybridized carbons (Fsp3) is 0.600. The van der Waals surface area contributed by atoms with Crippen molar-refractivity contribution in [2.75, 3.05) is 19.6 Å². The maximum atomic E-state index is 10.1. The smallest absolute Gasteiger partial charge is 0.0802 e. The first-order valence-electron chi connectivity index (χ1n) is 6.56. The number of aliphatic hydroxyl groups is 1. The molecule has 1 rings (SSSR count). The van der Waals surface area contributed by atoms with Gasteiger partial charge in [0.15, 0.2) is 0 Å². The van der Waals surface area contributed by atoms with Crippen LogP contribution < -0.4 is 0 Å². The Balaban J connectivity index is 2.57. The first-order valence-corrected chi connectivity index (χ1v) is 6.56. The van der Waals surface area contributed by atoms with Gasteiger partial charge in [-0.1, -0.05) is 32.0 Å². The van der Waals surface area contributed by atoms with Crippen molar-refractivity contribution < 1.29 is 5.11 Å². The van der Waals surface area contributed by atoms with E-state index >= 15 is 0 Å². The fourth-order valence-electron chi connectivity index (χ4n) is 1.98. The lowest BCUT2D eigenvalue weighted by Gasteiger charge is -2.20. The van der Waals surface area contributed by atoms with Crippen LogP contribution in [0.5, 0.6) is 0 Å². The maximum Gasteiger partial charge on any atom is 0.0802 e. The molecule has 1 atom stereocenters. The second-order valence-electron chi connectivity index (χ2n) is 4.68. The lowest BCUT2D eigenvalue weighted by Crippen LogP contribution is -2.25. The predicted octanol–water partition coefficient (Wildman–Crippen LogP) is 3.07. The van der Waals surface area contributed by atoms with Crippen LogP contribution >= 0.6 is 0 Å². The Morgan fingerprint density at radius 2 is 1.76 bits per heavy atom. The van der Waals surface area contributed by atoms with E-state index in [4.69, 9.17) is 0 Å². The summed E-state index contributed by atoms with van der Waals surface area (Å²) in [6.07, 6.45) is 0.472. The van der Waals surface area contributed by atoms with Crippen molar-refractivity contribution >= 4 is 0 Å². The number of nitrogens with zero attached hydrogens (tertiary/aromatic N) is 1. The van der Waals surface area contributed by atoms with E-state index in [0.29, 0.717) is 0 Å². The second kappa shape index (κ2) is 6.77. The molecule has 1 aromatic rings. The summed E-state index contributed by atoms with van der Waals surface area (Å²) in [5.41, 5.74) is 3.58. The van der Waals surface area contributed by atoms with Gasteiger partial charge in [0.1, 0.15) is 0 Å². The highest BCUT2D eigenvalue weighted by Gasteiger charge is 2.10. The van der Waals surface area contributed by atoms with Crippen molar-refractivity contribution in [3.63, 3.8) is 0 Å². The summed E-state index contributed by atoms with van der Waals surface area (Å²) in [4.78, 5) is 2.34. The van der Waals surface area contributed by atoms with Gasteiger partial charge in [-0.25, -0.2) is 0 Å². The predicted molar refractivity (Wildman–Crippen MR) is 73.3 cm³/mol. The van der Waals surface area contributed by atoms with Crippen molar-refractivity contribution in [1.82, 2.24) is 4.90 Å². The van der Waals surface area contributed by atoms with E-state index in [2.05, 4.69) is 44.7 Å². The summed E-state index contributed by atoms with van der Waals surface area (Å²) >= 11 is 0. The summed E-state index contributed by atoms with van der Waals surface area (Å²) in [5.74, 6) is 0. The van der Waals surface area contributed by atoms with Crippen LogP contribution in [-0.2, 0) is 0 Å². The molecule has 0 aliphatic carbocycles. The molecule has 1 unspecified atom stereocenters. The van der Waals surface area contributed by atoms with Gasteiger partial charge in [0.2, 0.25) is 0 Å². The number of rotatable bonds is 6. The monoisotopic (exact) mass is 235 g/mol. The zero-order chi connectivity index (χ0) is 12.8. The SMILES string of the molecule is CCN(CC)CCC(O)c1ccc(C)c(C)c1. The number of benzene rings is 1. The van der Waals surface area contributed by atoms with E-state index < -0.39 is 0 Å². The molecular weight excluding hydrogens is 210 g/mol. The molecule has 96 valence electrons. The molecule has 0 spiro atoms. The van der Waals surface area contributed by atoms with E-state index in [9.17, 15) is 5.11 Å². The molecule has 0 radical (unpaired) electrons. The van der Waals surface area contributed by atoms with Crippen LogP contribution in [0.2, 0.25) is 0 Å². The molecule has 0 aromatic heterocycles. The lowest BCUT2D eigenvalue weighted by atomic mass is 10.0. The van der Waals surface area contributed by atoms with Gasteiger partial charge in [-0.3, -0.25) is 0 Å². The Hall–Kier alpha value is -0.860. The van der Waals surface area contributed by atoms with Crippen LogP contribution in [-0.4, -0.2) is 29.6 Å². The minimum Gasteiger partial charge on any atom is -0.388 e. The van der Waals surface area contributed by atoms with E-state index in [-0.39, 0.29) is 6.10 Å². The highest BCUT2D eigenvalue weighted by Crippen LogP contribution is 2.20. The highest BCUT2D eigenvalue weighted by molar-refractivity contribution is 5.31. The first-order chi connectivity index (χ1) is 8.08. The first kappa shape index (κ1) is 14.2. The second-order valence-corrected chi connectivity index (χ2v) is 4.68. The number of aryl methyl sites for hydroxylation is 2. The molecule has 1 aromatic carbocycles. The van der Waals surface area contributed by atoms with Crippen molar-refractivity contribution in [2.24, 2.45) is 0 Å². The average molecular weight is 235 g/mol. The van der Waals surface area contributed by atoms with Crippen LogP contribution in [0.4, 0.5) is 0 Å². The van der Waals surface area contributed by atoms with Gasteiger partial charge in [0, 0.05) is 6.54 Å². The third-order valence-corrected chi connectivity index (χ3v) is 3.53. The van der Waals surface area contributed by atoms with Gasteiger partial charge < -0.3 is 10.0 Å². The Bertz CT molecular complexity index is 345. The average Bonchev–Trinajstić information content (AvgIpc) is 2.33. The minimum atomic E-state index is -0.338. The molecule has 0 amide bonds. The Labute approximate surface area is 105 Å². The molecule has 0 aliphatic rings. The highest BCUT2D eigenvalue weighted by atomic mass is 16.3. The van der Waals surface area contributed by atoms with Crippen LogP contribution in [0, 0.1) is 13.8 Å². The van der Waals surface area contributed by atoms with Gasteiger partial charge in [-0.05, 0) is 50.0 Å². The fourth-order valence-corrected chi connectivity index (χ4v) is 1.98. The molecule has 0 bridgehead atoms. The number of hydrogen-bond donors (Lipinski definition) is 1. The van der Waals surface area contributed by atoms with Gasteiger partial charge in [0.25, 0.3) is 0 Å². The van der Waals surface area contributed by atoms with Crippen molar-refractivity contribution in [2.45, 2.75) is 40.2 Å². The quantitative estimate of drug-likeness (QED) is 0.819. The van der Waals surface area contributed by atoms with Gasteiger partial charge >= 0.3 is 0 Å². The Kier molecular flexibility index (Phi) is 5.66. The van der Waals surface area contributed by atoms with Crippen molar-refractivity contribution in [3.05, 3.63) is 34.9 Å². The van der Waals surface area contributed by atoms with E-state index in [1.807, 2.05) is 6.07 Å². The summed E-state index contributed by atoms with van der Waals surface area (Å²) in [7, 11) is 0. The summed E-state index contributed by atoms with van der Waals surface area (Å²) in [5, 5.41) is 10.1. The molecule has 0 saturated carbocycles. The molecule has 0 aliphatic heterocycles. The van der Waals surface area contributed by atoms with E-state index in [1.165, 1.54) is 11.1 Å². The van der Waals surface area contributed by atoms with Gasteiger partial charge in [0.05, 0.1) is 6.10 Å². The topological polar surface area (TPSA) is 23.5 Å². The zero-order valence-corrected chi connectivity index (χ0v) is 11.5. The summed E-state index contributed by atoms with van der Waals surface area (Å²) in [6.45, 7) is 11.6. The van der Waals surface area contributed by atoms with E-state index in [0.717, 1.165) is 31.6 Å². The third kappa shape index (κ3) is 4.14. The zero-order valence-electron chi connectivity index (χ0n) is 11.5. The third-order valence-electron chi connectivity index (χ3n) is 3.53. The van der Waals surface area contributed by atoms with Crippen LogP contribution in [0.15, 0.2) is 18.2 Å². The van der Waals surface area contributed by atoms with Gasteiger partial charge in [-0.15, -0.1) is 0 Å². The molecule has 0 heterocycles. The van der Waals surface area contributed by atoms with Crippen LogP contribution in [0.25, 0.3) is 0 Å². The number of hydrogen-bond acceptors (Lipinski definition) is 2. The lowest BCUT2D eigenvalue weighted by molar-refractivity contribution is 0.145. The molecule has 0 saturated heterocycles. The largest absolute Gasteiger partial charge is 0.388 e. The summed E-state index contributed by atoms with van der Waals surface area (Å²) < 4.78 is 0. The minimum absolute atomic E-state index is 0.338. The van der Waals surface area contributed by atoms with E-state index in [1.54, 1.807) is 0 Å². The van der Waals surface area contributed by atoms with Crippen molar-refractivity contribution in [3.8, 4) is 0 Å². The molecule has 2 nitrogen and oxygen atoms in total. The summed E-state index contributed by atoms with van der Waals surface area (Å²) in [6, 6.07) is 6.22. The van der Waals surface area contributed by atoms with Gasteiger partial charge in [-0.2, -0.15) is 0 Å². The molecule has 17 heavy (non-hydrogen) atoms. The Morgan fingerprint density at radius 1 is 1.12 bits per heavy atom. The van der Waals surface area contributed by atoms with Crippen molar-refractivity contribution in [1.29, 1.82) is 0 Å². The standard InChI is InChI=1S/C15H25NO/c1-5-16(6-2)10-9-15(17)14-8-7-12(3)13(4)11-14/h7-8,11,15,17H,5-6,9-10H2,1-4H3. The van der Waals surface area contributed by atoms with Crippen LogP contribution in [0.3, 0.4) is 0 Å². The van der Waals surface area contributed by atoms with Crippen LogP contribution in [0.1, 0.15) is 43.1 Å². The molecule has 0 fully saturated rings. The maximum absolute atomic E-state index is 10.1. The molecule has 2 heteroatoms. The normalized spacial score (nSPS) is 13.1. The number of aliphatic hydroxyl groups excluding tert-OH is 1. The molecule has 1 N–H and O–H groups in total. The Morgan fingerprint density at radius 3 is 2.29 bits per heavy atom.